The summed E-state index contributed by atoms with van der Waals surface area (Å²) in [5.74, 6) is 0.441. The Morgan fingerprint density at radius 2 is 1.74 bits per heavy atom. The van der Waals surface area contributed by atoms with E-state index >= 15 is 0 Å². The number of hydrogen-bond donors (Lipinski definition) is 2. The number of rotatable bonds is 9. The number of nitrogens with one attached hydrogen (secondary N) is 2. The largest absolute Gasteiger partial charge is 0.497 e. The number of piperidine rings is 1. The Kier molecular flexibility index (Phi) is 9.40. The summed E-state index contributed by atoms with van der Waals surface area (Å²) in [7, 11) is 5.75. The summed E-state index contributed by atoms with van der Waals surface area (Å²) in [5.41, 5.74) is 4.56. The van der Waals surface area contributed by atoms with Crippen LogP contribution in [-0.2, 0) is 22.4 Å². The Morgan fingerprint density at radius 1 is 1.00 bits per heavy atom. The molecule has 0 saturated carbocycles. The predicted molar refractivity (Wildman–Crippen MR) is 180 cm³/mol. The summed E-state index contributed by atoms with van der Waals surface area (Å²) in [6.07, 6.45) is 4.24. The number of amides is 3. The second kappa shape index (κ2) is 13.8. The Hall–Kier alpha value is -4.63. The fraction of sp³-hybridized carbons (Fsp3) is 0.378. The van der Waals surface area contributed by atoms with Crippen LogP contribution in [0.15, 0.2) is 79.0 Å². The molecule has 46 heavy (non-hydrogen) atoms. The Bertz CT molecular complexity index is 1690. The zero-order valence-corrected chi connectivity index (χ0v) is 26.9. The number of anilines is 1. The molecule has 9 nitrogen and oxygen atoms in total. The van der Waals surface area contributed by atoms with E-state index in [1.54, 1.807) is 7.11 Å². The lowest BCUT2D eigenvalue weighted by atomic mass is 9.90. The van der Waals surface area contributed by atoms with Crippen LogP contribution in [0.1, 0.15) is 34.3 Å². The molecule has 3 aromatic carbocycles. The van der Waals surface area contributed by atoms with E-state index < -0.39 is 6.04 Å². The topological polar surface area (TPSA) is 98.0 Å². The van der Waals surface area contributed by atoms with Crippen molar-refractivity contribution in [3.63, 3.8) is 0 Å². The number of carbonyl (C=O) groups excluding carboxylic acids is 3. The lowest BCUT2D eigenvalue weighted by Gasteiger charge is -2.38. The van der Waals surface area contributed by atoms with Crippen LogP contribution in [0.3, 0.4) is 0 Å². The minimum atomic E-state index is -0.760. The van der Waals surface area contributed by atoms with Gasteiger partial charge in [-0.2, -0.15) is 0 Å². The van der Waals surface area contributed by atoms with Crippen molar-refractivity contribution < 1.29 is 19.1 Å². The van der Waals surface area contributed by atoms with E-state index in [0.717, 1.165) is 46.4 Å². The van der Waals surface area contributed by atoms with Gasteiger partial charge in [0.25, 0.3) is 5.91 Å². The number of hydrogen-bond acceptors (Lipinski definition) is 5. The first-order chi connectivity index (χ1) is 22.3. The first kappa shape index (κ1) is 31.4. The third-order valence-corrected chi connectivity index (χ3v) is 9.30. The van der Waals surface area contributed by atoms with Crippen molar-refractivity contribution in [1.82, 2.24) is 20.1 Å². The summed E-state index contributed by atoms with van der Waals surface area (Å²) in [5, 5.41) is 4.23. The molecule has 240 valence electrons. The molecule has 9 heteroatoms. The van der Waals surface area contributed by atoms with Gasteiger partial charge in [-0.05, 0) is 86.8 Å². The van der Waals surface area contributed by atoms with Crippen LogP contribution in [0.4, 0.5) is 5.69 Å². The number of para-hydroxylation sites is 1. The molecule has 3 amide bonds. The lowest BCUT2D eigenvalue weighted by Crippen LogP contribution is -2.54. The monoisotopic (exact) mass is 621 g/mol. The maximum atomic E-state index is 14.6. The molecule has 2 aliphatic rings. The third-order valence-electron chi connectivity index (χ3n) is 9.30. The molecule has 2 atom stereocenters. The third kappa shape index (κ3) is 6.79. The number of ether oxygens (including phenoxy) is 1. The highest BCUT2D eigenvalue weighted by Gasteiger charge is 2.36. The summed E-state index contributed by atoms with van der Waals surface area (Å²) in [6.45, 7) is 2.40. The van der Waals surface area contributed by atoms with Gasteiger partial charge in [0.15, 0.2) is 0 Å². The van der Waals surface area contributed by atoms with Crippen molar-refractivity contribution in [1.29, 1.82) is 0 Å². The summed E-state index contributed by atoms with van der Waals surface area (Å²) >= 11 is 0. The fourth-order valence-corrected chi connectivity index (χ4v) is 7.00. The SMILES string of the molecule is COc1ccc2c(c1)C[C@@H](CN(C)C)CN2C(=O)C(Cc1c[nH]c2ccccc12)NC(=O)C1CCN(C(=O)c2ccccc2)CC1. The highest BCUT2D eigenvalue weighted by molar-refractivity contribution is 6.01. The summed E-state index contributed by atoms with van der Waals surface area (Å²) in [6, 6.07) is 22.4. The normalized spacial score (nSPS) is 17.5. The molecule has 4 aromatic rings. The predicted octanol–water partition coefficient (Wildman–Crippen LogP) is 4.52. The zero-order valence-electron chi connectivity index (χ0n) is 26.9. The maximum absolute atomic E-state index is 14.6. The van der Waals surface area contributed by atoms with Gasteiger partial charge in [0.1, 0.15) is 11.8 Å². The van der Waals surface area contributed by atoms with Crippen LogP contribution >= 0.6 is 0 Å². The van der Waals surface area contributed by atoms with Crippen molar-refractivity contribution >= 4 is 34.3 Å². The number of likely N-dealkylation sites (tertiary alicyclic amines) is 1. The Morgan fingerprint density at radius 3 is 2.48 bits per heavy atom. The van der Waals surface area contributed by atoms with Gasteiger partial charge in [-0.15, -0.1) is 0 Å². The number of benzene rings is 3. The van der Waals surface area contributed by atoms with Crippen molar-refractivity contribution in [3.05, 3.63) is 95.7 Å². The molecule has 2 N–H and O–H groups in total. The van der Waals surface area contributed by atoms with Gasteiger partial charge >= 0.3 is 0 Å². The van der Waals surface area contributed by atoms with E-state index in [1.165, 1.54) is 0 Å². The van der Waals surface area contributed by atoms with E-state index in [2.05, 4.69) is 15.2 Å². The lowest BCUT2D eigenvalue weighted by molar-refractivity contribution is -0.131. The molecule has 1 unspecified atom stereocenters. The fourth-order valence-electron chi connectivity index (χ4n) is 7.00. The van der Waals surface area contributed by atoms with Crippen molar-refractivity contribution in [3.8, 4) is 5.75 Å². The Balaban J connectivity index is 1.24. The van der Waals surface area contributed by atoms with Gasteiger partial charge in [0.05, 0.1) is 7.11 Å². The highest BCUT2D eigenvalue weighted by Crippen LogP contribution is 2.34. The molecule has 0 aliphatic carbocycles. The number of carbonyl (C=O) groups is 3. The number of nitrogens with zero attached hydrogens (tertiary/aromatic N) is 3. The number of methoxy groups -OCH3 is 1. The Labute approximate surface area is 270 Å². The zero-order chi connectivity index (χ0) is 32.2. The van der Waals surface area contributed by atoms with E-state index in [4.69, 9.17) is 4.74 Å². The first-order valence-electron chi connectivity index (χ1n) is 16.1. The van der Waals surface area contributed by atoms with Gasteiger partial charge < -0.3 is 29.7 Å². The van der Waals surface area contributed by atoms with E-state index in [9.17, 15) is 14.4 Å². The van der Waals surface area contributed by atoms with Crippen LogP contribution in [0.5, 0.6) is 5.75 Å². The minimum Gasteiger partial charge on any atom is -0.497 e. The second-order valence-corrected chi connectivity index (χ2v) is 12.8. The molecule has 1 aromatic heterocycles. The molecule has 0 radical (unpaired) electrons. The molecule has 2 aliphatic heterocycles. The van der Waals surface area contributed by atoms with Crippen LogP contribution in [0, 0.1) is 11.8 Å². The van der Waals surface area contributed by atoms with Crippen molar-refractivity contribution in [2.24, 2.45) is 11.8 Å². The average molecular weight is 622 g/mol. The molecular weight excluding hydrogens is 578 g/mol. The standard InChI is InChI=1S/C37H43N5O4/c1-40(2)23-25-19-28-20-30(46-3)13-14-34(28)42(24-25)37(45)33(21-29-22-38-32-12-8-7-11-31(29)32)39-35(43)26-15-17-41(18-16-26)36(44)27-9-5-4-6-10-27/h4-14,20,22,25-26,33,38H,15-19,21,23-24H2,1-3H3,(H,39,43)/t25-,33?/m0/s1. The van der Waals surface area contributed by atoms with Gasteiger partial charge in [-0.1, -0.05) is 36.4 Å². The minimum absolute atomic E-state index is 0.0143. The molecule has 3 heterocycles. The van der Waals surface area contributed by atoms with Gasteiger partial charge in [-0.3, -0.25) is 14.4 Å². The number of aromatic nitrogens is 1. The average Bonchev–Trinajstić information content (AvgIpc) is 3.49. The second-order valence-electron chi connectivity index (χ2n) is 12.8. The summed E-state index contributed by atoms with van der Waals surface area (Å²) in [4.78, 5) is 50.6. The van der Waals surface area contributed by atoms with E-state index in [0.29, 0.717) is 44.5 Å². The van der Waals surface area contributed by atoms with Crippen LogP contribution in [-0.4, -0.2) is 85.9 Å². The first-order valence-corrected chi connectivity index (χ1v) is 16.1. The smallest absolute Gasteiger partial charge is 0.253 e. The maximum Gasteiger partial charge on any atom is 0.253 e. The number of fused-ring (bicyclic) bond motifs is 2. The van der Waals surface area contributed by atoms with Gasteiger partial charge in [0.2, 0.25) is 11.8 Å². The van der Waals surface area contributed by atoms with Crippen LogP contribution < -0.4 is 15.0 Å². The number of aromatic amines is 1. The van der Waals surface area contributed by atoms with Crippen LogP contribution in [0.25, 0.3) is 10.9 Å². The molecule has 6 rings (SSSR count). The van der Waals surface area contributed by atoms with Crippen molar-refractivity contribution in [2.45, 2.75) is 31.7 Å². The highest BCUT2D eigenvalue weighted by atomic mass is 16.5. The molecule has 0 spiro atoms. The van der Waals surface area contributed by atoms with Gasteiger partial charge in [-0.25, -0.2) is 0 Å². The van der Waals surface area contributed by atoms with Gasteiger partial charge in [0, 0.05) is 66.9 Å². The summed E-state index contributed by atoms with van der Waals surface area (Å²) < 4.78 is 5.52. The van der Waals surface area contributed by atoms with Crippen molar-refractivity contribution in [2.75, 3.05) is 52.3 Å². The van der Waals surface area contributed by atoms with Crippen LogP contribution in [0.2, 0.25) is 0 Å². The molecular formula is C37H43N5O4. The molecule has 0 bridgehead atoms. The van der Waals surface area contributed by atoms with E-state index in [1.807, 2.05) is 103 Å². The quantitative estimate of drug-likeness (QED) is 0.287. The molecule has 1 saturated heterocycles. The van der Waals surface area contributed by atoms with E-state index in [-0.39, 0.29) is 29.6 Å². The molecule has 1 fully saturated rings. The number of H-pyrrole nitrogens is 1.